The van der Waals surface area contributed by atoms with Gasteiger partial charge in [0.15, 0.2) is 17.3 Å². The second-order valence-corrected chi connectivity index (χ2v) is 6.91. The summed E-state index contributed by atoms with van der Waals surface area (Å²) in [5.74, 6) is -3.81. The van der Waals surface area contributed by atoms with Crippen molar-refractivity contribution < 1.29 is 13.2 Å². The van der Waals surface area contributed by atoms with Crippen LogP contribution in [0, 0.1) is 17.5 Å². The van der Waals surface area contributed by atoms with Gasteiger partial charge in [-0.05, 0) is 36.0 Å². The number of halogens is 3. The average molecular weight is 399 g/mol. The number of hydrogen-bond acceptors (Lipinski definition) is 4. The van der Waals surface area contributed by atoms with Crippen LogP contribution in [-0.4, -0.2) is 24.6 Å². The third-order valence-electron chi connectivity index (χ3n) is 5.09. The largest absolute Gasteiger partial charge is 0.325 e. The van der Waals surface area contributed by atoms with Crippen LogP contribution >= 0.6 is 0 Å². The van der Waals surface area contributed by atoms with E-state index in [0.29, 0.717) is 23.7 Å². The van der Waals surface area contributed by atoms with Gasteiger partial charge in [-0.15, -0.1) is 0 Å². The first-order valence-electron chi connectivity index (χ1n) is 8.73. The summed E-state index contributed by atoms with van der Waals surface area (Å²) in [5, 5.41) is 4.33. The van der Waals surface area contributed by atoms with Gasteiger partial charge in [0, 0.05) is 30.2 Å². The second-order valence-electron chi connectivity index (χ2n) is 6.91. The van der Waals surface area contributed by atoms with Crippen LogP contribution in [0.1, 0.15) is 29.4 Å². The molecule has 1 aliphatic carbocycles. The Morgan fingerprint density at radius 3 is 2.66 bits per heavy atom. The highest BCUT2D eigenvalue weighted by atomic mass is 19.2. The maximum Gasteiger partial charge on any atom is 0.325 e. The molecule has 146 valence electrons. The molecule has 0 aliphatic heterocycles. The fourth-order valence-electron chi connectivity index (χ4n) is 3.67. The number of benzene rings is 1. The van der Waals surface area contributed by atoms with E-state index in [1.54, 1.807) is 12.3 Å². The van der Waals surface area contributed by atoms with Crippen LogP contribution in [0.15, 0.2) is 46.4 Å². The Kier molecular flexibility index (Phi) is 3.70. The predicted molar refractivity (Wildman–Crippen MR) is 96.1 cm³/mol. The smallest absolute Gasteiger partial charge is 0.313 e. The van der Waals surface area contributed by atoms with Crippen LogP contribution in [0.5, 0.6) is 0 Å². The number of aromatic nitrogens is 5. The van der Waals surface area contributed by atoms with E-state index in [0.717, 1.165) is 6.07 Å². The van der Waals surface area contributed by atoms with E-state index in [2.05, 4.69) is 20.1 Å². The van der Waals surface area contributed by atoms with Crippen LogP contribution in [0.2, 0.25) is 0 Å². The summed E-state index contributed by atoms with van der Waals surface area (Å²) in [7, 11) is 0. The molecule has 29 heavy (non-hydrogen) atoms. The number of rotatable bonds is 3. The number of imidazole rings is 1. The first-order chi connectivity index (χ1) is 13.9. The molecule has 3 heterocycles. The maximum absolute atomic E-state index is 14.2. The minimum atomic E-state index is -1.23. The van der Waals surface area contributed by atoms with Gasteiger partial charge >= 0.3 is 5.69 Å². The number of nitrogens with one attached hydrogen (secondary N) is 2. The van der Waals surface area contributed by atoms with E-state index < -0.39 is 34.6 Å². The van der Waals surface area contributed by atoms with Gasteiger partial charge in [-0.3, -0.25) is 9.78 Å². The molecule has 5 rings (SSSR count). The highest BCUT2D eigenvalue weighted by molar-refractivity contribution is 5.63. The zero-order valence-electron chi connectivity index (χ0n) is 14.6. The van der Waals surface area contributed by atoms with Crippen LogP contribution in [-0.2, 0) is 0 Å². The standard InChI is InChI=1S/C19H12F3N5O2/c20-8-3-11(16(22)14(21)4-8)9-5-10(9)12-6-15(26-27-2-1-23-17(12)27)13-7-24-19(29)25-18(13)28/h1-4,6-7,9-10H,5H2,(H2,24,25,28,29)/t9-,10-/m1/s1. The fourth-order valence-corrected chi connectivity index (χ4v) is 3.67. The molecule has 0 unspecified atom stereocenters. The average Bonchev–Trinajstić information content (AvgIpc) is 3.31. The molecule has 1 saturated carbocycles. The lowest BCUT2D eigenvalue weighted by Crippen LogP contribution is -2.23. The quantitative estimate of drug-likeness (QED) is 0.518. The molecule has 7 nitrogen and oxygen atoms in total. The first-order valence-corrected chi connectivity index (χ1v) is 8.73. The number of aromatic amines is 2. The molecular formula is C19H12F3N5O2. The number of H-pyrrole nitrogens is 2. The Morgan fingerprint density at radius 2 is 1.86 bits per heavy atom. The highest BCUT2D eigenvalue weighted by Gasteiger charge is 2.43. The highest BCUT2D eigenvalue weighted by Crippen LogP contribution is 2.56. The summed E-state index contributed by atoms with van der Waals surface area (Å²) < 4.78 is 42.9. The molecule has 1 aliphatic rings. The molecule has 0 saturated heterocycles. The lowest BCUT2D eigenvalue weighted by Gasteiger charge is -2.08. The van der Waals surface area contributed by atoms with Gasteiger partial charge in [-0.1, -0.05) is 0 Å². The van der Waals surface area contributed by atoms with E-state index in [4.69, 9.17) is 0 Å². The molecule has 4 aromatic rings. The van der Waals surface area contributed by atoms with E-state index in [-0.39, 0.29) is 22.7 Å². The molecule has 0 radical (unpaired) electrons. The van der Waals surface area contributed by atoms with E-state index in [1.165, 1.54) is 16.9 Å². The molecule has 1 fully saturated rings. The van der Waals surface area contributed by atoms with Crippen molar-refractivity contribution >= 4 is 5.65 Å². The van der Waals surface area contributed by atoms with E-state index >= 15 is 0 Å². The Morgan fingerprint density at radius 1 is 1.07 bits per heavy atom. The van der Waals surface area contributed by atoms with Crippen molar-refractivity contribution in [1.82, 2.24) is 24.6 Å². The zero-order chi connectivity index (χ0) is 20.3. The van der Waals surface area contributed by atoms with E-state index in [9.17, 15) is 22.8 Å². The number of hydrogen-bond donors (Lipinski definition) is 2. The normalized spacial score (nSPS) is 18.3. The van der Waals surface area contributed by atoms with Crippen molar-refractivity contribution in [2.75, 3.05) is 0 Å². The van der Waals surface area contributed by atoms with Gasteiger partial charge < -0.3 is 4.98 Å². The predicted octanol–water partition coefficient (Wildman–Crippen LogP) is 2.46. The summed E-state index contributed by atoms with van der Waals surface area (Å²) in [6.45, 7) is 0. The van der Waals surface area contributed by atoms with Gasteiger partial charge in [-0.2, -0.15) is 5.10 Å². The van der Waals surface area contributed by atoms with Gasteiger partial charge in [-0.25, -0.2) is 27.5 Å². The third-order valence-corrected chi connectivity index (χ3v) is 5.09. The SMILES string of the molecule is O=c1[nH]cc(-c2cc([C@@H]3C[C@H]3c3cc(F)cc(F)c3F)c3nccn3n2)c(=O)[nH]1. The topological polar surface area (TPSA) is 95.9 Å². The molecule has 0 spiro atoms. The van der Waals surface area contributed by atoms with Crippen molar-refractivity contribution in [3.8, 4) is 11.3 Å². The minimum absolute atomic E-state index is 0.0301. The van der Waals surface area contributed by atoms with E-state index in [1.807, 2.05) is 0 Å². The number of fused-ring (bicyclic) bond motifs is 1. The van der Waals surface area contributed by atoms with Crippen molar-refractivity contribution in [3.63, 3.8) is 0 Å². The Balaban J connectivity index is 1.62. The Labute approximate surface area is 159 Å². The first kappa shape index (κ1) is 17.4. The molecule has 1 aromatic carbocycles. The van der Waals surface area contributed by atoms with Crippen LogP contribution < -0.4 is 11.2 Å². The maximum atomic E-state index is 14.2. The van der Waals surface area contributed by atoms with Gasteiger partial charge in [0.05, 0.1) is 11.3 Å². The van der Waals surface area contributed by atoms with Crippen LogP contribution in [0.4, 0.5) is 13.2 Å². The summed E-state index contributed by atoms with van der Waals surface area (Å²) in [6, 6.07) is 3.14. The third kappa shape index (κ3) is 2.84. The van der Waals surface area contributed by atoms with Gasteiger partial charge in [0.1, 0.15) is 5.82 Å². The monoisotopic (exact) mass is 399 g/mol. The lowest BCUT2D eigenvalue weighted by atomic mass is 10.0. The van der Waals surface area contributed by atoms with Crippen molar-refractivity contribution in [1.29, 1.82) is 0 Å². The molecule has 10 heteroatoms. The van der Waals surface area contributed by atoms with Crippen LogP contribution in [0.25, 0.3) is 16.9 Å². The summed E-state index contributed by atoms with van der Waals surface area (Å²) in [5.41, 5.74) is 0.295. The molecule has 3 aromatic heterocycles. The van der Waals surface area contributed by atoms with Crippen molar-refractivity contribution in [2.24, 2.45) is 0 Å². The lowest BCUT2D eigenvalue weighted by molar-refractivity contribution is 0.484. The fraction of sp³-hybridized carbons (Fsp3) is 0.158. The molecule has 2 atom stereocenters. The van der Waals surface area contributed by atoms with Crippen molar-refractivity contribution in [3.05, 3.63) is 86.2 Å². The summed E-state index contributed by atoms with van der Waals surface area (Å²) in [6.07, 6.45) is 4.82. The number of nitrogens with zero attached hydrogens (tertiary/aromatic N) is 3. The molecular weight excluding hydrogens is 387 g/mol. The Bertz CT molecular complexity index is 1390. The molecule has 0 bridgehead atoms. The summed E-state index contributed by atoms with van der Waals surface area (Å²) in [4.78, 5) is 32.2. The van der Waals surface area contributed by atoms with Gasteiger partial charge in [0.25, 0.3) is 5.56 Å². The van der Waals surface area contributed by atoms with Crippen LogP contribution in [0.3, 0.4) is 0 Å². The molecule has 0 amide bonds. The molecule has 2 N–H and O–H groups in total. The summed E-state index contributed by atoms with van der Waals surface area (Å²) >= 11 is 0. The van der Waals surface area contributed by atoms with Crippen molar-refractivity contribution in [2.45, 2.75) is 18.3 Å². The Hall–Kier alpha value is -3.69. The zero-order valence-corrected chi connectivity index (χ0v) is 14.6. The minimum Gasteiger partial charge on any atom is -0.313 e. The van der Waals surface area contributed by atoms with Gasteiger partial charge in [0.2, 0.25) is 0 Å². The second kappa shape index (κ2) is 6.16.